The number of rotatable bonds is 2. The molecular formula is C6H7BrN2O2S. The van der Waals surface area contributed by atoms with Crippen molar-refractivity contribution in [1.29, 1.82) is 0 Å². The van der Waals surface area contributed by atoms with Crippen LogP contribution in [0.2, 0.25) is 0 Å². The molecule has 0 aliphatic rings. The lowest BCUT2D eigenvalue weighted by Gasteiger charge is -2.00. The van der Waals surface area contributed by atoms with Crippen LogP contribution in [-0.4, -0.2) is 13.4 Å². The predicted octanol–water partition coefficient (Wildman–Crippen LogP) is 0.633. The van der Waals surface area contributed by atoms with Crippen LogP contribution >= 0.6 is 15.9 Å². The molecule has 1 aromatic heterocycles. The van der Waals surface area contributed by atoms with E-state index in [1.165, 1.54) is 12.4 Å². The molecule has 0 bridgehead atoms. The Morgan fingerprint density at radius 1 is 1.58 bits per heavy atom. The van der Waals surface area contributed by atoms with Crippen molar-refractivity contribution >= 4 is 26.0 Å². The Balaban J connectivity index is 2.98. The molecule has 1 heterocycles. The van der Waals surface area contributed by atoms with Gasteiger partial charge in [-0.15, -0.1) is 0 Å². The number of aromatic nitrogens is 1. The molecule has 1 rings (SSSR count). The van der Waals surface area contributed by atoms with E-state index in [2.05, 4.69) is 20.9 Å². The second-order valence-corrected chi connectivity index (χ2v) is 4.74. The molecule has 6 heteroatoms. The minimum Gasteiger partial charge on any atom is -0.264 e. The Morgan fingerprint density at radius 3 is 2.75 bits per heavy atom. The molecule has 0 fully saturated rings. The fourth-order valence-electron chi connectivity index (χ4n) is 0.738. The van der Waals surface area contributed by atoms with Crippen LogP contribution in [0.4, 0.5) is 0 Å². The minimum atomic E-state index is -3.46. The first-order chi connectivity index (χ1) is 5.49. The van der Waals surface area contributed by atoms with E-state index in [-0.39, 0.29) is 5.75 Å². The molecule has 0 atom stereocenters. The molecule has 0 radical (unpaired) electrons. The van der Waals surface area contributed by atoms with Crippen LogP contribution in [0, 0.1) is 0 Å². The highest BCUT2D eigenvalue weighted by atomic mass is 79.9. The van der Waals surface area contributed by atoms with E-state index < -0.39 is 10.0 Å². The van der Waals surface area contributed by atoms with Gasteiger partial charge in [0.1, 0.15) is 0 Å². The van der Waals surface area contributed by atoms with E-state index in [4.69, 9.17) is 5.14 Å². The van der Waals surface area contributed by atoms with Crippen LogP contribution in [0.1, 0.15) is 5.56 Å². The number of sulfonamides is 1. The van der Waals surface area contributed by atoms with E-state index in [1.807, 2.05) is 0 Å². The summed E-state index contributed by atoms with van der Waals surface area (Å²) in [4.78, 5) is 3.79. The van der Waals surface area contributed by atoms with Gasteiger partial charge >= 0.3 is 0 Å². The standard InChI is InChI=1S/C6H7BrN2O2S/c7-6-3-9-2-1-5(6)4-12(8,10)11/h1-3H,4H2,(H2,8,10,11). The van der Waals surface area contributed by atoms with Gasteiger partial charge in [-0.2, -0.15) is 0 Å². The molecular weight excluding hydrogens is 244 g/mol. The highest BCUT2D eigenvalue weighted by molar-refractivity contribution is 9.10. The lowest BCUT2D eigenvalue weighted by molar-refractivity contribution is 0.597. The van der Waals surface area contributed by atoms with Gasteiger partial charge in [0.05, 0.1) is 5.75 Å². The lowest BCUT2D eigenvalue weighted by Crippen LogP contribution is -2.14. The fourth-order valence-corrected chi connectivity index (χ4v) is 2.00. The van der Waals surface area contributed by atoms with Gasteiger partial charge in [-0.05, 0) is 27.6 Å². The van der Waals surface area contributed by atoms with E-state index in [1.54, 1.807) is 6.07 Å². The number of pyridine rings is 1. The van der Waals surface area contributed by atoms with Crippen LogP contribution in [0.3, 0.4) is 0 Å². The molecule has 0 saturated carbocycles. The molecule has 4 nitrogen and oxygen atoms in total. The maximum Gasteiger partial charge on any atom is 0.213 e. The van der Waals surface area contributed by atoms with Gasteiger partial charge in [0.25, 0.3) is 0 Å². The van der Waals surface area contributed by atoms with Gasteiger partial charge in [-0.25, -0.2) is 13.6 Å². The summed E-state index contributed by atoms with van der Waals surface area (Å²) in [6.07, 6.45) is 3.05. The van der Waals surface area contributed by atoms with Crippen LogP contribution in [-0.2, 0) is 15.8 Å². The van der Waals surface area contributed by atoms with Gasteiger partial charge in [0.2, 0.25) is 10.0 Å². The number of hydrogen-bond donors (Lipinski definition) is 1. The van der Waals surface area contributed by atoms with Crippen molar-refractivity contribution in [1.82, 2.24) is 4.98 Å². The summed E-state index contributed by atoms with van der Waals surface area (Å²) in [5.41, 5.74) is 0.618. The zero-order chi connectivity index (χ0) is 9.19. The Kier molecular flexibility index (Phi) is 2.81. The van der Waals surface area contributed by atoms with E-state index in [0.29, 0.717) is 10.0 Å². The first-order valence-corrected chi connectivity index (χ1v) is 5.59. The molecule has 0 aliphatic heterocycles. The smallest absolute Gasteiger partial charge is 0.213 e. The minimum absolute atomic E-state index is 0.171. The fraction of sp³-hybridized carbons (Fsp3) is 0.167. The Bertz CT molecular complexity index is 377. The van der Waals surface area contributed by atoms with Gasteiger partial charge < -0.3 is 0 Å². The van der Waals surface area contributed by atoms with Crippen molar-refractivity contribution in [3.8, 4) is 0 Å². The summed E-state index contributed by atoms with van der Waals surface area (Å²) >= 11 is 3.17. The topological polar surface area (TPSA) is 73.1 Å². The molecule has 66 valence electrons. The molecule has 1 aromatic rings. The summed E-state index contributed by atoms with van der Waals surface area (Å²) < 4.78 is 22.0. The number of halogens is 1. The summed E-state index contributed by atoms with van der Waals surface area (Å²) in [5, 5.41) is 4.87. The average molecular weight is 251 g/mol. The third-order valence-corrected chi connectivity index (χ3v) is 2.64. The Hall–Kier alpha value is -0.460. The Labute approximate surface area is 79.0 Å². The zero-order valence-electron chi connectivity index (χ0n) is 6.07. The van der Waals surface area contributed by atoms with Gasteiger partial charge in [0, 0.05) is 16.9 Å². The molecule has 2 N–H and O–H groups in total. The van der Waals surface area contributed by atoms with Crippen LogP contribution in [0.5, 0.6) is 0 Å². The van der Waals surface area contributed by atoms with Crippen molar-refractivity contribution < 1.29 is 8.42 Å². The quantitative estimate of drug-likeness (QED) is 0.837. The first-order valence-electron chi connectivity index (χ1n) is 3.08. The van der Waals surface area contributed by atoms with Crippen molar-refractivity contribution in [2.45, 2.75) is 5.75 Å². The first kappa shape index (κ1) is 9.63. The monoisotopic (exact) mass is 250 g/mol. The lowest BCUT2D eigenvalue weighted by atomic mass is 10.3. The third-order valence-electron chi connectivity index (χ3n) is 1.21. The van der Waals surface area contributed by atoms with Crippen LogP contribution in [0.15, 0.2) is 22.9 Å². The van der Waals surface area contributed by atoms with E-state index >= 15 is 0 Å². The number of nitrogens with zero attached hydrogens (tertiary/aromatic N) is 1. The predicted molar refractivity (Wildman–Crippen MR) is 48.7 cm³/mol. The molecule has 0 aliphatic carbocycles. The molecule has 0 unspecified atom stereocenters. The Morgan fingerprint density at radius 2 is 2.25 bits per heavy atom. The third kappa shape index (κ3) is 2.88. The number of primary sulfonamides is 1. The molecule has 12 heavy (non-hydrogen) atoms. The van der Waals surface area contributed by atoms with Crippen molar-refractivity contribution in [3.63, 3.8) is 0 Å². The molecule has 0 amide bonds. The summed E-state index contributed by atoms with van der Waals surface area (Å²) in [5.74, 6) is -0.171. The molecule has 0 spiro atoms. The number of hydrogen-bond acceptors (Lipinski definition) is 3. The summed E-state index contributed by atoms with van der Waals surface area (Å²) in [6, 6.07) is 1.61. The van der Waals surface area contributed by atoms with Crippen molar-refractivity contribution in [3.05, 3.63) is 28.5 Å². The van der Waals surface area contributed by atoms with Crippen molar-refractivity contribution in [2.24, 2.45) is 5.14 Å². The average Bonchev–Trinajstić information content (AvgIpc) is 1.91. The SMILES string of the molecule is NS(=O)(=O)Cc1ccncc1Br. The second-order valence-electron chi connectivity index (χ2n) is 2.27. The second kappa shape index (κ2) is 3.51. The highest BCUT2D eigenvalue weighted by Gasteiger charge is 2.07. The van der Waals surface area contributed by atoms with Gasteiger partial charge in [-0.3, -0.25) is 4.98 Å². The maximum atomic E-state index is 10.7. The molecule has 0 saturated heterocycles. The highest BCUT2D eigenvalue weighted by Crippen LogP contribution is 2.15. The normalized spacial score (nSPS) is 11.5. The maximum absolute atomic E-state index is 10.7. The summed E-state index contributed by atoms with van der Waals surface area (Å²) in [7, 11) is -3.46. The van der Waals surface area contributed by atoms with E-state index in [9.17, 15) is 8.42 Å². The summed E-state index contributed by atoms with van der Waals surface area (Å²) in [6.45, 7) is 0. The zero-order valence-corrected chi connectivity index (χ0v) is 8.47. The molecule has 0 aromatic carbocycles. The largest absolute Gasteiger partial charge is 0.264 e. The van der Waals surface area contributed by atoms with E-state index in [0.717, 1.165) is 0 Å². The van der Waals surface area contributed by atoms with Crippen LogP contribution < -0.4 is 5.14 Å². The van der Waals surface area contributed by atoms with Gasteiger partial charge in [0.15, 0.2) is 0 Å². The van der Waals surface area contributed by atoms with Crippen molar-refractivity contribution in [2.75, 3.05) is 0 Å². The number of nitrogens with two attached hydrogens (primary N) is 1. The van der Waals surface area contributed by atoms with Crippen LogP contribution in [0.25, 0.3) is 0 Å². The van der Waals surface area contributed by atoms with Gasteiger partial charge in [-0.1, -0.05) is 0 Å².